The van der Waals surface area contributed by atoms with Gasteiger partial charge in [0.15, 0.2) is 0 Å². The molecule has 1 heterocycles. The Kier molecular flexibility index (Phi) is 5.63. The van der Waals surface area contributed by atoms with Crippen molar-refractivity contribution in [2.24, 2.45) is 0 Å². The highest BCUT2D eigenvalue weighted by atomic mass is 16.6. The minimum absolute atomic E-state index is 0.0974. The number of methoxy groups -OCH3 is 1. The van der Waals surface area contributed by atoms with E-state index >= 15 is 0 Å². The van der Waals surface area contributed by atoms with Crippen LogP contribution in [0.3, 0.4) is 0 Å². The van der Waals surface area contributed by atoms with Crippen LogP contribution in [0.2, 0.25) is 0 Å². The molecule has 0 spiro atoms. The van der Waals surface area contributed by atoms with Crippen LogP contribution in [0.25, 0.3) is 0 Å². The Balaban J connectivity index is 1.49. The topological polar surface area (TPSA) is 51.2 Å². The number of benzene rings is 1. The van der Waals surface area contributed by atoms with E-state index in [-0.39, 0.29) is 18.8 Å². The second kappa shape index (κ2) is 7.48. The Morgan fingerprint density at radius 3 is 2.58 bits per heavy atom. The van der Waals surface area contributed by atoms with Crippen molar-refractivity contribution in [1.82, 2.24) is 0 Å². The molecule has 0 aromatic heterocycles. The number of epoxide rings is 1. The minimum atomic E-state index is 0.0974. The maximum atomic E-state index is 8.82. The summed E-state index contributed by atoms with van der Waals surface area (Å²) in [6, 6.07) is 7.92. The molecule has 19 heavy (non-hydrogen) atoms. The molecule has 106 valence electrons. The predicted octanol–water partition coefficient (Wildman–Crippen LogP) is 2.14. The van der Waals surface area contributed by atoms with Crippen molar-refractivity contribution in [3.05, 3.63) is 29.8 Å². The van der Waals surface area contributed by atoms with Gasteiger partial charge in [0.1, 0.15) is 11.9 Å². The Labute approximate surface area is 114 Å². The molecule has 1 aliphatic heterocycles. The first-order chi connectivity index (χ1) is 9.33. The Bertz CT molecular complexity index is 363. The van der Waals surface area contributed by atoms with E-state index in [9.17, 15) is 0 Å². The molecule has 1 fully saturated rings. The quantitative estimate of drug-likeness (QED) is 0.549. The standard InChI is InChI=1S/C15H22O4/c1-17-13-7-5-12(6-8-13)11-18-9-3-2-4-14-15(10-16)19-14/h5-8,14-16H,2-4,9-11H2,1H3/t14-,15+/m0/s1. The van der Waals surface area contributed by atoms with Gasteiger partial charge in [-0.1, -0.05) is 12.1 Å². The lowest BCUT2D eigenvalue weighted by Gasteiger charge is -2.05. The predicted molar refractivity (Wildman–Crippen MR) is 72.2 cm³/mol. The molecule has 2 atom stereocenters. The molecule has 1 aliphatic rings. The van der Waals surface area contributed by atoms with E-state index < -0.39 is 0 Å². The number of aliphatic hydroxyl groups excluding tert-OH is 1. The van der Waals surface area contributed by atoms with Crippen molar-refractivity contribution in [3.63, 3.8) is 0 Å². The van der Waals surface area contributed by atoms with E-state index in [1.165, 1.54) is 0 Å². The van der Waals surface area contributed by atoms with Gasteiger partial charge in [-0.2, -0.15) is 0 Å². The molecule has 0 amide bonds. The normalized spacial score (nSPS) is 21.4. The summed E-state index contributed by atoms with van der Waals surface area (Å²) in [6.45, 7) is 1.56. The maximum Gasteiger partial charge on any atom is 0.118 e. The van der Waals surface area contributed by atoms with E-state index in [1.54, 1.807) is 7.11 Å². The molecular formula is C15H22O4. The average molecular weight is 266 g/mol. The first-order valence-electron chi connectivity index (χ1n) is 6.80. The zero-order valence-electron chi connectivity index (χ0n) is 11.4. The van der Waals surface area contributed by atoms with Crippen LogP contribution >= 0.6 is 0 Å². The molecule has 0 bridgehead atoms. The summed E-state index contributed by atoms with van der Waals surface area (Å²) in [6.07, 6.45) is 3.53. The Morgan fingerprint density at radius 2 is 1.95 bits per heavy atom. The highest BCUT2D eigenvalue weighted by Gasteiger charge is 2.36. The van der Waals surface area contributed by atoms with Crippen molar-refractivity contribution in [3.8, 4) is 5.75 Å². The molecular weight excluding hydrogens is 244 g/mol. The van der Waals surface area contributed by atoms with Crippen LogP contribution in [-0.2, 0) is 16.1 Å². The van der Waals surface area contributed by atoms with Crippen LogP contribution in [0.4, 0.5) is 0 Å². The first kappa shape index (κ1) is 14.3. The molecule has 0 saturated carbocycles. The zero-order valence-corrected chi connectivity index (χ0v) is 11.4. The molecule has 0 radical (unpaired) electrons. The van der Waals surface area contributed by atoms with E-state index in [0.717, 1.165) is 37.2 Å². The fourth-order valence-corrected chi connectivity index (χ4v) is 2.06. The molecule has 4 nitrogen and oxygen atoms in total. The highest BCUT2D eigenvalue weighted by Crippen LogP contribution is 2.26. The third kappa shape index (κ3) is 4.82. The van der Waals surface area contributed by atoms with E-state index in [2.05, 4.69) is 0 Å². The number of unbranched alkanes of at least 4 members (excludes halogenated alkanes) is 1. The number of rotatable bonds is 9. The fraction of sp³-hybridized carbons (Fsp3) is 0.600. The van der Waals surface area contributed by atoms with Gasteiger partial charge in [-0.25, -0.2) is 0 Å². The maximum absolute atomic E-state index is 8.82. The summed E-state index contributed by atoms with van der Waals surface area (Å²) in [5, 5.41) is 8.82. The fourth-order valence-electron chi connectivity index (χ4n) is 2.06. The van der Waals surface area contributed by atoms with Gasteiger partial charge in [-0.15, -0.1) is 0 Å². The van der Waals surface area contributed by atoms with E-state index in [0.29, 0.717) is 6.61 Å². The molecule has 1 aromatic carbocycles. The number of aliphatic hydroxyl groups is 1. The lowest BCUT2D eigenvalue weighted by Crippen LogP contribution is -2.00. The van der Waals surface area contributed by atoms with Gasteiger partial charge in [0.2, 0.25) is 0 Å². The lowest BCUT2D eigenvalue weighted by molar-refractivity contribution is 0.116. The Hall–Kier alpha value is -1.10. The summed E-state index contributed by atoms with van der Waals surface area (Å²) >= 11 is 0. The third-order valence-electron chi connectivity index (χ3n) is 3.32. The second-order valence-electron chi connectivity index (χ2n) is 4.79. The van der Waals surface area contributed by atoms with Gasteiger partial charge in [-0.3, -0.25) is 0 Å². The van der Waals surface area contributed by atoms with Gasteiger partial charge in [0.25, 0.3) is 0 Å². The van der Waals surface area contributed by atoms with E-state index in [4.69, 9.17) is 19.3 Å². The third-order valence-corrected chi connectivity index (χ3v) is 3.32. The first-order valence-corrected chi connectivity index (χ1v) is 6.80. The summed E-state index contributed by atoms with van der Waals surface area (Å²) in [4.78, 5) is 0. The lowest BCUT2D eigenvalue weighted by atomic mass is 10.1. The Morgan fingerprint density at radius 1 is 1.16 bits per heavy atom. The largest absolute Gasteiger partial charge is 0.497 e. The molecule has 0 aliphatic carbocycles. The zero-order chi connectivity index (χ0) is 13.5. The van der Waals surface area contributed by atoms with Crippen LogP contribution in [0.1, 0.15) is 24.8 Å². The summed E-state index contributed by atoms with van der Waals surface area (Å²) in [5.41, 5.74) is 1.16. The van der Waals surface area contributed by atoms with Crippen molar-refractivity contribution in [1.29, 1.82) is 0 Å². The van der Waals surface area contributed by atoms with Gasteiger partial charge < -0.3 is 19.3 Å². The summed E-state index contributed by atoms with van der Waals surface area (Å²) in [7, 11) is 1.66. The van der Waals surface area contributed by atoms with Crippen LogP contribution in [0.5, 0.6) is 5.75 Å². The molecule has 2 rings (SSSR count). The van der Waals surface area contributed by atoms with Crippen molar-refractivity contribution in [2.45, 2.75) is 38.1 Å². The summed E-state index contributed by atoms with van der Waals surface area (Å²) < 4.78 is 16.0. The summed E-state index contributed by atoms with van der Waals surface area (Å²) in [5.74, 6) is 0.867. The van der Waals surface area contributed by atoms with Crippen LogP contribution in [0, 0.1) is 0 Å². The van der Waals surface area contributed by atoms with Gasteiger partial charge >= 0.3 is 0 Å². The van der Waals surface area contributed by atoms with Crippen LogP contribution in [-0.4, -0.2) is 37.6 Å². The van der Waals surface area contributed by atoms with Gasteiger partial charge in [0.05, 0.1) is 26.4 Å². The second-order valence-corrected chi connectivity index (χ2v) is 4.79. The highest BCUT2D eigenvalue weighted by molar-refractivity contribution is 5.26. The number of hydrogen-bond acceptors (Lipinski definition) is 4. The molecule has 1 saturated heterocycles. The number of ether oxygens (including phenoxy) is 3. The molecule has 1 aromatic rings. The monoisotopic (exact) mass is 266 g/mol. The molecule has 0 unspecified atom stereocenters. The minimum Gasteiger partial charge on any atom is -0.497 e. The number of hydrogen-bond donors (Lipinski definition) is 1. The average Bonchev–Trinajstić information content (AvgIpc) is 3.22. The van der Waals surface area contributed by atoms with Crippen molar-refractivity contribution in [2.75, 3.05) is 20.3 Å². The smallest absolute Gasteiger partial charge is 0.118 e. The van der Waals surface area contributed by atoms with Gasteiger partial charge in [-0.05, 0) is 37.0 Å². The van der Waals surface area contributed by atoms with E-state index in [1.807, 2.05) is 24.3 Å². The van der Waals surface area contributed by atoms with Gasteiger partial charge in [0, 0.05) is 6.61 Å². The molecule has 1 N–H and O–H groups in total. The van der Waals surface area contributed by atoms with Crippen molar-refractivity contribution < 1.29 is 19.3 Å². The van der Waals surface area contributed by atoms with Crippen LogP contribution < -0.4 is 4.74 Å². The van der Waals surface area contributed by atoms with Crippen LogP contribution in [0.15, 0.2) is 24.3 Å². The molecule has 4 heteroatoms. The SMILES string of the molecule is COc1ccc(COCCCC[C@@H]2O[C@@H]2CO)cc1. The van der Waals surface area contributed by atoms with Crippen molar-refractivity contribution >= 4 is 0 Å².